The molecular formula is C37H31NO6. The van der Waals surface area contributed by atoms with Crippen molar-refractivity contribution < 1.29 is 28.6 Å². The summed E-state index contributed by atoms with van der Waals surface area (Å²) in [6, 6.07) is 23.6. The Morgan fingerprint density at radius 1 is 0.795 bits per heavy atom. The number of fused-ring (bicyclic) bond motifs is 5. The lowest BCUT2D eigenvalue weighted by atomic mass is 9.64. The summed E-state index contributed by atoms with van der Waals surface area (Å²) >= 11 is 0. The van der Waals surface area contributed by atoms with Gasteiger partial charge in [0.25, 0.3) is 0 Å². The predicted octanol–water partition coefficient (Wildman–Crippen LogP) is 6.34. The van der Waals surface area contributed by atoms with Crippen LogP contribution in [0.1, 0.15) is 53.7 Å². The Morgan fingerprint density at radius 2 is 1.52 bits per heavy atom. The Balaban J connectivity index is 1.58. The molecule has 0 N–H and O–H groups in total. The maximum atomic E-state index is 15.0. The van der Waals surface area contributed by atoms with Crippen molar-refractivity contribution in [1.82, 2.24) is 0 Å². The van der Waals surface area contributed by atoms with Crippen LogP contribution in [0.3, 0.4) is 0 Å². The van der Waals surface area contributed by atoms with E-state index in [4.69, 9.17) is 14.2 Å². The van der Waals surface area contributed by atoms with Crippen LogP contribution < -0.4 is 19.1 Å². The number of carbonyl (C=O) groups is 3. The molecule has 7 rings (SSSR count). The molecule has 0 unspecified atom stereocenters. The Labute approximate surface area is 255 Å². The van der Waals surface area contributed by atoms with E-state index in [1.807, 2.05) is 48.2 Å². The quantitative estimate of drug-likeness (QED) is 0.193. The lowest BCUT2D eigenvalue weighted by molar-refractivity contribution is 0.0664. The van der Waals surface area contributed by atoms with E-state index < -0.39 is 23.4 Å². The molecule has 1 fully saturated rings. The van der Waals surface area contributed by atoms with Crippen LogP contribution in [0, 0.1) is 12.3 Å². The van der Waals surface area contributed by atoms with Crippen molar-refractivity contribution in [3.05, 3.63) is 124 Å². The van der Waals surface area contributed by atoms with Gasteiger partial charge in [-0.2, -0.15) is 0 Å². The maximum absolute atomic E-state index is 15.0. The van der Waals surface area contributed by atoms with Crippen LogP contribution in [-0.2, 0) is 0 Å². The van der Waals surface area contributed by atoms with E-state index >= 15 is 0 Å². The number of Topliss-reactive ketones (excluding diaryl/α,β-unsaturated/α-hetero) is 3. The third-order valence-electron chi connectivity index (χ3n) is 9.35. The van der Waals surface area contributed by atoms with E-state index in [1.54, 1.807) is 67.8 Å². The number of ether oxygens (including phenoxy) is 3. The number of hydrogen-bond acceptors (Lipinski definition) is 7. The fraction of sp³-hybridized carbons (Fsp3) is 0.216. The van der Waals surface area contributed by atoms with Gasteiger partial charge in [-0.15, -0.1) is 0 Å². The second-order valence-corrected chi connectivity index (χ2v) is 11.4. The molecule has 4 aromatic rings. The molecule has 3 aliphatic rings. The molecule has 3 atom stereocenters. The lowest BCUT2D eigenvalue weighted by Crippen LogP contribution is -2.48. The summed E-state index contributed by atoms with van der Waals surface area (Å²) in [6.07, 6.45) is 3.88. The molecule has 7 nitrogen and oxygen atoms in total. The first-order valence-corrected chi connectivity index (χ1v) is 14.5. The molecule has 0 bridgehead atoms. The SMILES string of the molecule is COc1cccc(C(=O)[C@H]2[C@H](c3cccc(OC)c3OC)C3(C(=O)c4ccccc4C3=O)[C@H]3C=Cc4cc(C)ccc4N23)c1. The van der Waals surface area contributed by atoms with Gasteiger partial charge in [0, 0.05) is 33.9 Å². The standard InChI is InChI=1S/C37H31NO6/c1-21-15-17-28-22(19-21)16-18-30-37(35(40)25-11-5-6-12-26(25)36(37)41)31(27-13-8-14-29(43-3)34(27)44-4)32(38(28)30)33(39)23-9-7-10-24(20-23)42-2/h5-20,30-32H,1-4H3/t30-,31+,32-/m1/s1. The number of rotatable bonds is 6. The highest BCUT2D eigenvalue weighted by Gasteiger charge is 2.72. The third-order valence-corrected chi connectivity index (χ3v) is 9.35. The van der Waals surface area contributed by atoms with Gasteiger partial charge >= 0.3 is 0 Å². The smallest absolute Gasteiger partial charge is 0.186 e. The van der Waals surface area contributed by atoms with E-state index in [1.165, 1.54) is 14.2 Å². The van der Waals surface area contributed by atoms with Crippen molar-refractivity contribution in [3.63, 3.8) is 0 Å². The minimum absolute atomic E-state index is 0.237. The highest BCUT2D eigenvalue weighted by molar-refractivity contribution is 6.32. The summed E-state index contributed by atoms with van der Waals surface area (Å²) in [5.41, 5.74) is 2.79. The predicted molar refractivity (Wildman–Crippen MR) is 167 cm³/mol. The van der Waals surface area contributed by atoms with Gasteiger partial charge in [0.05, 0.1) is 27.4 Å². The number of para-hydroxylation sites is 1. The first kappa shape index (κ1) is 27.7. The fourth-order valence-corrected chi connectivity index (χ4v) is 7.54. The number of aryl methyl sites for hydroxylation is 1. The summed E-state index contributed by atoms with van der Waals surface area (Å²) in [5, 5.41) is 0. The molecule has 0 saturated carbocycles. The molecule has 0 radical (unpaired) electrons. The minimum Gasteiger partial charge on any atom is -0.497 e. The zero-order valence-electron chi connectivity index (χ0n) is 24.9. The van der Waals surface area contributed by atoms with Crippen LogP contribution in [-0.4, -0.2) is 50.8 Å². The molecule has 0 aromatic heterocycles. The van der Waals surface area contributed by atoms with E-state index in [9.17, 15) is 14.4 Å². The minimum atomic E-state index is -1.65. The fourth-order valence-electron chi connectivity index (χ4n) is 7.54. The van der Waals surface area contributed by atoms with E-state index in [0.717, 1.165) is 16.8 Å². The van der Waals surface area contributed by atoms with Gasteiger partial charge in [-0.05, 0) is 42.8 Å². The van der Waals surface area contributed by atoms with Gasteiger partial charge in [0.1, 0.15) is 17.2 Å². The van der Waals surface area contributed by atoms with Crippen LogP contribution >= 0.6 is 0 Å². The number of benzene rings is 4. The van der Waals surface area contributed by atoms with Crippen molar-refractivity contribution in [2.75, 3.05) is 26.2 Å². The summed E-state index contributed by atoms with van der Waals surface area (Å²) in [6.45, 7) is 2.01. The van der Waals surface area contributed by atoms with Crippen molar-refractivity contribution in [1.29, 1.82) is 0 Å². The molecule has 4 aromatic carbocycles. The van der Waals surface area contributed by atoms with Crippen LogP contribution in [0.2, 0.25) is 0 Å². The average Bonchev–Trinajstić information content (AvgIpc) is 3.49. The van der Waals surface area contributed by atoms with Gasteiger partial charge in [-0.25, -0.2) is 0 Å². The molecule has 1 saturated heterocycles. The normalized spacial score (nSPS) is 20.7. The maximum Gasteiger partial charge on any atom is 0.186 e. The molecule has 1 aliphatic carbocycles. The molecule has 220 valence electrons. The van der Waals surface area contributed by atoms with Crippen LogP contribution in [0.5, 0.6) is 17.2 Å². The molecule has 1 spiro atoms. The largest absolute Gasteiger partial charge is 0.497 e. The molecular weight excluding hydrogens is 554 g/mol. The number of hydrogen-bond donors (Lipinski definition) is 0. The second kappa shape index (κ2) is 10.2. The molecule has 2 heterocycles. The number of methoxy groups -OCH3 is 3. The molecule has 44 heavy (non-hydrogen) atoms. The summed E-state index contributed by atoms with van der Waals surface area (Å²) in [5.74, 6) is -0.412. The van der Waals surface area contributed by atoms with Crippen LogP contribution in [0.25, 0.3) is 6.08 Å². The first-order chi connectivity index (χ1) is 21.4. The van der Waals surface area contributed by atoms with Crippen molar-refractivity contribution >= 4 is 29.1 Å². The Bertz CT molecular complexity index is 1860. The zero-order valence-corrected chi connectivity index (χ0v) is 24.9. The van der Waals surface area contributed by atoms with Gasteiger partial charge in [-0.3, -0.25) is 14.4 Å². The highest BCUT2D eigenvalue weighted by Crippen LogP contribution is 2.62. The number of nitrogens with zero attached hydrogens (tertiary/aromatic N) is 1. The summed E-state index contributed by atoms with van der Waals surface area (Å²) in [4.78, 5) is 46.8. The van der Waals surface area contributed by atoms with Crippen molar-refractivity contribution in [3.8, 4) is 17.2 Å². The Morgan fingerprint density at radius 3 is 2.20 bits per heavy atom. The lowest BCUT2D eigenvalue weighted by Gasteiger charge is -2.37. The summed E-state index contributed by atoms with van der Waals surface area (Å²) in [7, 11) is 4.62. The van der Waals surface area contributed by atoms with Crippen molar-refractivity contribution in [2.45, 2.75) is 24.9 Å². The molecule has 7 heteroatoms. The monoisotopic (exact) mass is 585 g/mol. The number of carbonyl (C=O) groups excluding carboxylic acids is 3. The second-order valence-electron chi connectivity index (χ2n) is 11.4. The Hall–Kier alpha value is -5.17. The van der Waals surface area contributed by atoms with Crippen molar-refractivity contribution in [2.24, 2.45) is 5.41 Å². The highest BCUT2D eigenvalue weighted by atomic mass is 16.5. The summed E-state index contributed by atoms with van der Waals surface area (Å²) < 4.78 is 17.1. The van der Waals surface area contributed by atoms with Gasteiger partial charge in [0.2, 0.25) is 0 Å². The van der Waals surface area contributed by atoms with Gasteiger partial charge in [0.15, 0.2) is 28.8 Å². The first-order valence-electron chi connectivity index (χ1n) is 14.5. The topological polar surface area (TPSA) is 82.1 Å². The van der Waals surface area contributed by atoms with Gasteiger partial charge < -0.3 is 19.1 Å². The van der Waals surface area contributed by atoms with E-state index in [0.29, 0.717) is 39.5 Å². The van der Waals surface area contributed by atoms with Crippen LogP contribution in [0.4, 0.5) is 5.69 Å². The average molecular weight is 586 g/mol. The number of ketones is 3. The molecule has 2 aliphatic heterocycles. The van der Waals surface area contributed by atoms with E-state index in [-0.39, 0.29) is 17.3 Å². The van der Waals surface area contributed by atoms with Crippen LogP contribution in [0.15, 0.2) is 91.0 Å². The van der Waals surface area contributed by atoms with E-state index in [2.05, 4.69) is 0 Å². The number of anilines is 1. The zero-order chi connectivity index (χ0) is 30.7. The molecule has 0 amide bonds. The van der Waals surface area contributed by atoms with Gasteiger partial charge in [-0.1, -0.05) is 72.3 Å². The Kier molecular flexibility index (Phi) is 6.43. The third kappa shape index (κ3) is 3.65.